The third-order valence-corrected chi connectivity index (χ3v) is 6.46. The lowest BCUT2D eigenvalue weighted by molar-refractivity contribution is 0.0694. The molecule has 0 spiro atoms. The SMILES string of the molecule is CCc1ccc(CCc2nc(N3CCC[C@@H]3c3ccc(Br)cc3)ncc2C(=O)O)cc1. The van der Waals surface area contributed by atoms with E-state index in [1.807, 2.05) is 0 Å². The molecule has 0 unspecified atom stereocenters. The third-order valence-electron chi connectivity index (χ3n) is 5.93. The first-order valence-electron chi connectivity index (χ1n) is 10.7. The van der Waals surface area contributed by atoms with Gasteiger partial charge in [-0.05, 0) is 60.9 Å². The van der Waals surface area contributed by atoms with Crippen LogP contribution in [0.1, 0.15) is 58.5 Å². The molecule has 6 heteroatoms. The highest BCUT2D eigenvalue weighted by Crippen LogP contribution is 2.35. The molecule has 2 heterocycles. The number of benzene rings is 2. The number of carbonyl (C=O) groups is 1. The molecule has 0 saturated carbocycles. The molecular weight excluding hydrogens is 454 g/mol. The van der Waals surface area contributed by atoms with Crippen molar-refractivity contribution in [2.75, 3.05) is 11.4 Å². The number of aromatic carboxylic acids is 1. The Morgan fingerprint density at radius 2 is 1.81 bits per heavy atom. The number of aryl methyl sites for hydroxylation is 3. The Balaban J connectivity index is 1.58. The number of halogens is 1. The van der Waals surface area contributed by atoms with Gasteiger partial charge in [0.25, 0.3) is 0 Å². The number of hydrogen-bond acceptors (Lipinski definition) is 4. The number of anilines is 1. The Kier molecular flexibility index (Phi) is 6.66. The minimum atomic E-state index is -0.978. The van der Waals surface area contributed by atoms with Gasteiger partial charge in [0.1, 0.15) is 0 Å². The number of hydrogen-bond donors (Lipinski definition) is 1. The zero-order valence-corrected chi connectivity index (χ0v) is 19.2. The molecule has 4 rings (SSSR count). The summed E-state index contributed by atoms with van der Waals surface area (Å²) in [5, 5.41) is 9.65. The van der Waals surface area contributed by atoms with E-state index < -0.39 is 5.97 Å². The maximum Gasteiger partial charge on any atom is 0.339 e. The summed E-state index contributed by atoms with van der Waals surface area (Å²) in [5.74, 6) is -0.361. The molecule has 160 valence electrons. The average Bonchev–Trinajstić information content (AvgIpc) is 3.28. The van der Waals surface area contributed by atoms with E-state index in [2.05, 4.69) is 81.3 Å². The van der Waals surface area contributed by atoms with E-state index in [0.29, 0.717) is 18.1 Å². The number of aromatic nitrogens is 2. The third kappa shape index (κ3) is 4.96. The van der Waals surface area contributed by atoms with Crippen molar-refractivity contribution in [2.45, 2.75) is 45.1 Å². The number of carboxylic acid groups (broad SMARTS) is 1. The minimum absolute atomic E-state index is 0.188. The van der Waals surface area contributed by atoms with Crippen molar-refractivity contribution in [1.29, 1.82) is 0 Å². The first-order valence-corrected chi connectivity index (χ1v) is 11.5. The molecular formula is C25H26BrN3O2. The Bertz CT molecular complexity index is 1050. The molecule has 1 saturated heterocycles. The van der Waals surface area contributed by atoms with Crippen LogP contribution in [0.2, 0.25) is 0 Å². The normalized spacial score (nSPS) is 15.9. The van der Waals surface area contributed by atoms with Gasteiger partial charge in [0, 0.05) is 17.2 Å². The first kappa shape index (κ1) is 21.5. The lowest BCUT2D eigenvalue weighted by atomic mass is 10.0. The van der Waals surface area contributed by atoms with Crippen LogP contribution in [0.3, 0.4) is 0 Å². The van der Waals surface area contributed by atoms with Crippen LogP contribution in [0.15, 0.2) is 59.2 Å². The average molecular weight is 480 g/mol. The summed E-state index contributed by atoms with van der Waals surface area (Å²) in [5.41, 5.74) is 4.49. The molecule has 31 heavy (non-hydrogen) atoms. The minimum Gasteiger partial charge on any atom is -0.478 e. The fourth-order valence-corrected chi connectivity index (χ4v) is 4.42. The van der Waals surface area contributed by atoms with Gasteiger partial charge in [-0.3, -0.25) is 0 Å². The van der Waals surface area contributed by atoms with Crippen molar-refractivity contribution in [2.24, 2.45) is 0 Å². The van der Waals surface area contributed by atoms with Crippen LogP contribution in [0.5, 0.6) is 0 Å². The summed E-state index contributed by atoms with van der Waals surface area (Å²) in [7, 11) is 0. The van der Waals surface area contributed by atoms with Gasteiger partial charge in [-0.15, -0.1) is 0 Å². The second-order valence-electron chi connectivity index (χ2n) is 7.91. The molecule has 2 aromatic carbocycles. The van der Waals surface area contributed by atoms with Gasteiger partial charge in [-0.25, -0.2) is 14.8 Å². The van der Waals surface area contributed by atoms with E-state index in [1.54, 1.807) is 0 Å². The molecule has 0 radical (unpaired) electrons. The standard InChI is InChI=1S/C25H26BrN3O2/c1-2-17-5-7-18(8-6-17)9-14-22-21(24(30)31)16-27-25(28-22)29-15-3-4-23(29)19-10-12-20(26)13-11-19/h5-8,10-13,16,23H,2-4,9,14-15H2,1H3,(H,30,31)/t23-/m1/s1. The molecule has 1 fully saturated rings. The largest absolute Gasteiger partial charge is 0.478 e. The van der Waals surface area contributed by atoms with Crippen LogP contribution in [-0.2, 0) is 19.3 Å². The molecule has 1 N–H and O–H groups in total. The monoisotopic (exact) mass is 479 g/mol. The van der Waals surface area contributed by atoms with Crippen molar-refractivity contribution in [3.05, 3.63) is 87.1 Å². The highest BCUT2D eigenvalue weighted by molar-refractivity contribution is 9.10. The van der Waals surface area contributed by atoms with E-state index in [1.165, 1.54) is 22.9 Å². The molecule has 5 nitrogen and oxygen atoms in total. The maximum absolute atomic E-state index is 11.8. The molecule has 1 atom stereocenters. The van der Waals surface area contributed by atoms with Crippen molar-refractivity contribution in [3.8, 4) is 0 Å². The van der Waals surface area contributed by atoms with E-state index >= 15 is 0 Å². The predicted octanol–water partition coefficient (Wildman–Crippen LogP) is 5.63. The highest BCUT2D eigenvalue weighted by atomic mass is 79.9. The molecule has 0 aliphatic carbocycles. The van der Waals surface area contributed by atoms with Crippen LogP contribution in [0.4, 0.5) is 5.95 Å². The van der Waals surface area contributed by atoms with Crippen molar-refractivity contribution in [1.82, 2.24) is 9.97 Å². The number of rotatable bonds is 7. The van der Waals surface area contributed by atoms with Crippen molar-refractivity contribution < 1.29 is 9.90 Å². The van der Waals surface area contributed by atoms with Gasteiger partial charge in [-0.1, -0.05) is 59.3 Å². The fourth-order valence-electron chi connectivity index (χ4n) is 4.16. The van der Waals surface area contributed by atoms with Gasteiger partial charge in [0.2, 0.25) is 5.95 Å². The lowest BCUT2D eigenvalue weighted by Crippen LogP contribution is -2.25. The van der Waals surface area contributed by atoms with Crippen LogP contribution >= 0.6 is 15.9 Å². The molecule has 1 aromatic heterocycles. The second-order valence-corrected chi connectivity index (χ2v) is 8.82. The van der Waals surface area contributed by atoms with Gasteiger partial charge >= 0.3 is 5.97 Å². The summed E-state index contributed by atoms with van der Waals surface area (Å²) in [6.45, 7) is 3.00. The highest BCUT2D eigenvalue weighted by Gasteiger charge is 2.29. The smallest absolute Gasteiger partial charge is 0.339 e. The van der Waals surface area contributed by atoms with Crippen LogP contribution in [0, 0.1) is 0 Å². The number of nitrogens with zero attached hydrogens (tertiary/aromatic N) is 3. The second kappa shape index (κ2) is 9.60. The first-order chi connectivity index (χ1) is 15.0. The summed E-state index contributed by atoms with van der Waals surface area (Å²) >= 11 is 3.50. The Morgan fingerprint density at radius 1 is 1.10 bits per heavy atom. The fraction of sp³-hybridized carbons (Fsp3) is 0.320. The summed E-state index contributed by atoms with van der Waals surface area (Å²) in [6.07, 6.45) is 5.89. The van der Waals surface area contributed by atoms with Crippen LogP contribution < -0.4 is 4.90 Å². The summed E-state index contributed by atoms with van der Waals surface area (Å²) < 4.78 is 1.05. The molecule has 0 amide bonds. The van der Waals surface area contributed by atoms with E-state index in [0.717, 1.165) is 36.7 Å². The van der Waals surface area contributed by atoms with E-state index in [-0.39, 0.29) is 11.6 Å². The van der Waals surface area contributed by atoms with Crippen molar-refractivity contribution in [3.63, 3.8) is 0 Å². The Hall–Kier alpha value is -2.73. The predicted molar refractivity (Wildman–Crippen MR) is 126 cm³/mol. The lowest BCUT2D eigenvalue weighted by Gasteiger charge is -2.25. The Morgan fingerprint density at radius 3 is 2.48 bits per heavy atom. The van der Waals surface area contributed by atoms with Crippen molar-refractivity contribution >= 4 is 27.8 Å². The van der Waals surface area contributed by atoms with Gasteiger partial charge < -0.3 is 10.0 Å². The zero-order chi connectivity index (χ0) is 21.8. The van der Waals surface area contributed by atoms with Gasteiger partial charge in [0.05, 0.1) is 17.3 Å². The molecule has 3 aromatic rings. The zero-order valence-electron chi connectivity index (χ0n) is 17.6. The Labute approximate surface area is 191 Å². The molecule has 0 bridgehead atoms. The van der Waals surface area contributed by atoms with Crippen LogP contribution in [0.25, 0.3) is 0 Å². The van der Waals surface area contributed by atoms with Crippen LogP contribution in [-0.4, -0.2) is 27.6 Å². The topological polar surface area (TPSA) is 66.3 Å². The summed E-state index contributed by atoms with van der Waals surface area (Å²) in [4.78, 5) is 23.2. The number of carboxylic acids is 1. The quantitative estimate of drug-likeness (QED) is 0.475. The summed E-state index contributed by atoms with van der Waals surface area (Å²) in [6, 6.07) is 17.1. The molecule has 1 aliphatic rings. The van der Waals surface area contributed by atoms with E-state index in [9.17, 15) is 9.90 Å². The van der Waals surface area contributed by atoms with E-state index in [4.69, 9.17) is 4.98 Å². The van der Waals surface area contributed by atoms with Gasteiger partial charge in [0.15, 0.2) is 0 Å². The molecule has 1 aliphatic heterocycles. The van der Waals surface area contributed by atoms with Gasteiger partial charge in [-0.2, -0.15) is 0 Å². The maximum atomic E-state index is 11.8.